The van der Waals surface area contributed by atoms with Crippen LogP contribution in [-0.4, -0.2) is 35.5 Å². The lowest BCUT2D eigenvalue weighted by Crippen LogP contribution is -2.35. The molecule has 1 aromatic carbocycles. The standard InChI is InChI=1S/C23H30N2O3/c1-5-6-14-28-21-11-9-19(15-22(21)27-4)10-12-23(26)25(18(2)3)17-20-8-7-13-24-16-20/h7-13,15-16,18H,5-6,14,17H2,1-4H3/b12-10+. The minimum atomic E-state index is -0.0407. The summed E-state index contributed by atoms with van der Waals surface area (Å²) in [5.41, 5.74) is 1.89. The van der Waals surface area contributed by atoms with Crippen molar-refractivity contribution in [2.24, 2.45) is 0 Å². The van der Waals surface area contributed by atoms with Gasteiger partial charge in [0, 0.05) is 31.1 Å². The lowest BCUT2D eigenvalue weighted by Gasteiger charge is -2.25. The molecular weight excluding hydrogens is 352 g/mol. The molecule has 0 aliphatic rings. The number of hydrogen-bond acceptors (Lipinski definition) is 4. The van der Waals surface area contributed by atoms with Crippen LogP contribution in [0.3, 0.4) is 0 Å². The normalized spacial score (nSPS) is 11.0. The zero-order chi connectivity index (χ0) is 20.4. The molecule has 5 nitrogen and oxygen atoms in total. The molecule has 1 amide bonds. The molecule has 0 N–H and O–H groups in total. The zero-order valence-corrected chi connectivity index (χ0v) is 17.2. The lowest BCUT2D eigenvalue weighted by atomic mass is 10.1. The quantitative estimate of drug-likeness (QED) is 0.441. The van der Waals surface area contributed by atoms with E-state index in [1.165, 1.54) is 0 Å². The second kappa shape index (κ2) is 11.1. The maximum atomic E-state index is 12.7. The fraction of sp³-hybridized carbons (Fsp3) is 0.391. The molecule has 0 aliphatic carbocycles. The second-order valence-corrected chi connectivity index (χ2v) is 6.87. The third kappa shape index (κ3) is 6.41. The summed E-state index contributed by atoms with van der Waals surface area (Å²) >= 11 is 0. The first-order valence-corrected chi connectivity index (χ1v) is 9.73. The molecule has 0 radical (unpaired) electrons. The highest BCUT2D eigenvalue weighted by Gasteiger charge is 2.15. The number of rotatable bonds is 10. The van der Waals surface area contributed by atoms with Gasteiger partial charge in [-0.25, -0.2) is 0 Å². The molecule has 150 valence electrons. The van der Waals surface area contributed by atoms with Gasteiger partial charge in [0.2, 0.25) is 5.91 Å². The highest BCUT2D eigenvalue weighted by Crippen LogP contribution is 2.28. The Morgan fingerprint density at radius 2 is 2.07 bits per heavy atom. The predicted molar refractivity (Wildman–Crippen MR) is 112 cm³/mol. The minimum Gasteiger partial charge on any atom is -0.493 e. The monoisotopic (exact) mass is 382 g/mol. The fourth-order valence-electron chi connectivity index (χ4n) is 2.70. The van der Waals surface area contributed by atoms with E-state index in [4.69, 9.17) is 9.47 Å². The Labute approximate surface area is 168 Å². The molecule has 0 fully saturated rings. The first-order chi connectivity index (χ1) is 13.5. The van der Waals surface area contributed by atoms with Crippen molar-refractivity contribution in [1.82, 2.24) is 9.88 Å². The summed E-state index contributed by atoms with van der Waals surface area (Å²) < 4.78 is 11.2. The average molecular weight is 383 g/mol. The number of carbonyl (C=O) groups is 1. The number of hydrogen-bond donors (Lipinski definition) is 0. The molecular formula is C23H30N2O3. The van der Waals surface area contributed by atoms with Crippen LogP contribution < -0.4 is 9.47 Å². The van der Waals surface area contributed by atoms with Gasteiger partial charge >= 0.3 is 0 Å². The van der Waals surface area contributed by atoms with Gasteiger partial charge in [0.15, 0.2) is 11.5 Å². The second-order valence-electron chi connectivity index (χ2n) is 6.87. The van der Waals surface area contributed by atoms with E-state index in [1.54, 1.807) is 31.7 Å². The third-order valence-electron chi connectivity index (χ3n) is 4.34. The van der Waals surface area contributed by atoms with Gasteiger partial charge in [-0.2, -0.15) is 0 Å². The smallest absolute Gasteiger partial charge is 0.247 e. The van der Waals surface area contributed by atoms with Crippen LogP contribution in [-0.2, 0) is 11.3 Å². The molecule has 0 saturated heterocycles. The fourth-order valence-corrected chi connectivity index (χ4v) is 2.70. The molecule has 0 unspecified atom stereocenters. The molecule has 5 heteroatoms. The molecule has 1 heterocycles. The van der Waals surface area contributed by atoms with Crippen molar-refractivity contribution in [2.75, 3.05) is 13.7 Å². The van der Waals surface area contributed by atoms with Crippen LogP contribution in [0, 0.1) is 0 Å². The van der Waals surface area contributed by atoms with Crippen molar-refractivity contribution in [2.45, 2.75) is 46.2 Å². The van der Waals surface area contributed by atoms with Gasteiger partial charge in [0.1, 0.15) is 0 Å². The van der Waals surface area contributed by atoms with E-state index in [0.717, 1.165) is 29.7 Å². The SMILES string of the molecule is CCCCOc1ccc(/C=C/C(=O)N(Cc2cccnc2)C(C)C)cc1OC. The zero-order valence-electron chi connectivity index (χ0n) is 17.2. The summed E-state index contributed by atoms with van der Waals surface area (Å²) in [5, 5.41) is 0. The van der Waals surface area contributed by atoms with Crippen molar-refractivity contribution in [3.05, 3.63) is 59.9 Å². The predicted octanol–water partition coefficient (Wildman–Crippen LogP) is 4.72. The number of amides is 1. The van der Waals surface area contributed by atoms with Crippen LogP contribution >= 0.6 is 0 Å². The summed E-state index contributed by atoms with van der Waals surface area (Å²) in [7, 11) is 1.62. The van der Waals surface area contributed by atoms with E-state index >= 15 is 0 Å². The summed E-state index contributed by atoms with van der Waals surface area (Å²) in [6.45, 7) is 7.34. The van der Waals surface area contributed by atoms with Crippen LogP contribution in [0.4, 0.5) is 0 Å². The van der Waals surface area contributed by atoms with Crippen molar-refractivity contribution in [1.29, 1.82) is 0 Å². The van der Waals surface area contributed by atoms with Crippen LogP contribution in [0.15, 0.2) is 48.8 Å². The van der Waals surface area contributed by atoms with Gasteiger partial charge in [-0.05, 0) is 55.7 Å². The van der Waals surface area contributed by atoms with Crippen LogP contribution in [0.1, 0.15) is 44.7 Å². The summed E-state index contributed by atoms with van der Waals surface area (Å²) in [4.78, 5) is 18.7. The van der Waals surface area contributed by atoms with Crippen molar-refractivity contribution >= 4 is 12.0 Å². The van der Waals surface area contributed by atoms with E-state index in [1.807, 2.05) is 49.1 Å². The van der Waals surface area contributed by atoms with Gasteiger partial charge in [-0.1, -0.05) is 25.5 Å². The first-order valence-electron chi connectivity index (χ1n) is 9.73. The summed E-state index contributed by atoms with van der Waals surface area (Å²) in [6.07, 6.45) is 9.00. The molecule has 2 rings (SSSR count). The summed E-state index contributed by atoms with van der Waals surface area (Å²) in [6, 6.07) is 9.63. The van der Waals surface area contributed by atoms with Crippen LogP contribution in [0.2, 0.25) is 0 Å². The Morgan fingerprint density at radius 1 is 1.25 bits per heavy atom. The maximum Gasteiger partial charge on any atom is 0.247 e. The molecule has 1 aromatic heterocycles. The van der Waals surface area contributed by atoms with Crippen molar-refractivity contribution in [3.8, 4) is 11.5 Å². The number of carbonyl (C=O) groups excluding carboxylic acids is 1. The molecule has 2 aromatic rings. The number of benzene rings is 1. The van der Waals surface area contributed by atoms with Gasteiger partial charge in [0.05, 0.1) is 13.7 Å². The lowest BCUT2D eigenvalue weighted by molar-refractivity contribution is -0.128. The molecule has 28 heavy (non-hydrogen) atoms. The Bertz CT molecular complexity index is 773. The number of methoxy groups -OCH3 is 1. The van der Waals surface area contributed by atoms with E-state index in [0.29, 0.717) is 18.9 Å². The topological polar surface area (TPSA) is 51.7 Å². The Morgan fingerprint density at radius 3 is 2.71 bits per heavy atom. The van der Waals surface area contributed by atoms with E-state index in [2.05, 4.69) is 11.9 Å². The number of ether oxygens (including phenoxy) is 2. The van der Waals surface area contributed by atoms with E-state index in [-0.39, 0.29) is 11.9 Å². The van der Waals surface area contributed by atoms with Gasteiger partial charge in [0.25, 0.3) is 0 Å². The summed E-state index contributed by atoms with van der Waals surface area (Å²) in [5.74, 6) is 1.35. The van der Waals surface area contributed by atoms with Crippen molar-refractivity contribution < 1.29 is 14.3 Å². The maximum absolute atomic E-state index is 12.7. The van der Waals surface area contributed by atoms with Gasteiger partial charge < -0.3 is 14.4 Å². The number of unbranched alkanes of at least 4 members (excludes halogenated alkanes) is 1. The van der Waals surface area contributed by atoms with Crippen LogP contribution in [0.5, 0.6) is 11.5 Å². The third-order valence-corrected chi connectivity index (χ3v) is 4.34. The number of aromatic nitrogens is 1. The van der Waals surface area contributed by atoms with Crippen LogP contribution in [0.25, 0.3) is 6.08 Å². The van der Waals surface area contributed by atoms with Gasteiger partial charge in [-0.15, -0.1) is 0 Å². The molecule has 0 spiro atoms. The Balaban J connectivity index is 2.08. The first kappa shape index (κ1) is 21.5. The molecule has 0 atom stereocenters. The number of nitrogens with zero attached hydrogens (tertiary/aromatic N) is 2. The molecule has 0 saturated carbocycles. The minimum absolute atomic E-state index is 0.0407. The molecule has 0 aliphatic heterocycles. The van der Waals surface area contributed by atoms with Crippen molar-refractivity contribution in [3.63, 3.8) is 0 Å². The highest BCUT2D eigenvalue weighted by molar-refractivity contribution is 5.92. The highest BCUT2D eigenvalue weighted by atomic mass is 16.5. The molecule has 0 bridgehead atoms. The Kier molecular flexibility index (Phi) is 8.53. The Hall–Kier alpha value is -2.82. The van der Waals surface area contributed by atoms with E-state index in [9.17, 15) is 4.79 Å². The van der Waals surface area contributed by atoms with E-state index < -0.39 is 0 Å². The largest absolute Gasteiger partial charge is 0.493 e. The number of pyridine rings is 1. The van der Waals surface area contributed by atoms with Gasteiger partial charge in [-0.3, -0.25) is 9.78 Å². The average Bonchev–Trinajstić information content (AvgIpc) is 2.71.